The summed E-state index contributed by atoms with van der Waals surface area (Å²) in [5.74, 6) is 0. The molecule has 1 amide bonds. The third-order valence-corrected chi connectivity index (χ3v) is 6.37. The van der Waals surface area contributed by atoms with Crippen molar-refractivity contribution in [1.82, 2.24) is 4.90 Å². The Bertz CT molecular complexity index is 1010. The van der Waals surface area contributed by atoms with E-state index in [1.165, 1.54) is 11.1 Å². The number of carbonyl (C=O) groups excluding carboxylic acids is 1. The van der Waals surface area contributed by atoms with Gasteiger partial charge in [0.1, 0.15) is 6.10 Å². The summed E-state index contributed by atoms with van der Waals surface area (Å²) in [7, 11) is 0. The van der Waals surface area contributed by atoms with Crippen molar-refractivity contribution in [2.75, 3.05) is 49.2 Å². The van der Waals surface area contributed by atoms with Gasteiger partial charge in [-0.05, 0) is 35.4 Å². The highest BCUT2D eigenvalue weighted by molar-refractivity contribution is 5.90. The molecule has 2 aliphatic heterocycles. The number of hydrogen-bond acceptors (Lipinski definition) is 5. The monoisotopic (exact) mass is 457 g/mol. The van der Waals surface area contributed by atoms with Crippen LogP contribution in [0.2, 0.25) is 0 Å². The molecule has 6 nitrogen and oxygen atoms in total. The molecule has 0 radical (unpaired) electrons. The van der Waals surface area contributed by atoms with Crippen molar-refractivity contribution in [3.05, 3.63) is 96.1 Å². The van der Waals surface area contributed by atoms with E-state index in [0.29, 0.717) is 13.1 Å². The van der Waals surface area contributed by atoms with Crippen LogP contribution in [0.15, 0.2) is 84.9 Å². The first-order valence-electron chi connectivity index (χ1n) is 12.0. The van der Waals surface area contributed by atoms with Crippen LogP contribution in [0.3, 0.4) is 0 Å². The SMILES string of the molecule is O=C1O[C@@H](CN(Cc2ccccc2)Cc2ccccc2)CN1c1ccc(N2CCOCC2)cc1. The molecular weight excluding hydrogens is 426 g/mol. The predicted octanol–water partition coefficient (Wildman–Crippen LogP) is 4.55. The zero-order valence-electron chi connectivity index (χ0n) is 19.4. The van der Waals surface area contributed by atoms with Crippen molar-refractivity contribution < 1.29 is 14.3 Å². The summed E-state index contributed by atoms with van der Waals surface area (Å²) in [5.41, 5.74) is 4.53. The summed E-state index contributed by atoms with van der Waals surface area (Å²) in [5, 5.41) is 0. The Labute approximate surface area is 201 Å². The quantitative estimate of drug-likeness (QED) is 0.497. The van der Waals surface area contributed by atoms with Crippen molar-refractivity contribution >= 4 is 17.5 Å². The van der Waals surface area contributed by atoms with Gasteiger partial charge in [0.05, 0.1) is 19.8 Å². The van der Waals surface area contributed by atoms with E-state index in [0.717, 1.165) is 50.8 Å². The first kappa shape index (κ1) is 22.4. The second kappa shape index (κ2) is 10.7. The molecule has 2 heterocycles. The van der Waals surface area contributed by atoms with Gasteiger partial charge in [0, 0.05) is 44.1 Å². The number of anilines is 2. The molecule has 3 aromatic carbocycles. The minimum atomic E-state index is -0.275. The Hall–Kier alpha value is -3.35. The van der Waals surface area contributed by atoms with E-state index >= 15 is 0 Å². The zero-order chi connectivity index (χ0) is 23.2. The molecule has 176 valence electrons. The second-order valence-electron chi connectivity index (χ2n) is 8.87. The van der Waals surface area contributed by atoms with Crippen molar-refractivity contribution in [2.24, 2.45) is 0 Å². The molecule has 0 saturated carbocycles. The highest BCUT2D eigenvalue weighted by Gasteiger charge is 2.33. The number of rotatable bonds is 8. The summed E-state index contributed by atoms with van der Waals surface area (Å²) < 4.78 is 11.2. The molecule has 5 rings (SSSR count). The van der Waals surface area contributed by atoms with Crippen LogP contribution in [0.1, 0.15) is 11.1 Å². The molecular formula is C28H31N3O3. The first-order valence-corrected chi connectivity index (χ1v) is 12.0. The highest BCUT2D eigenvalue weighted by Crippen LogP contribution is 2.26. The average molecular weight is 458 g/mol. The van der Waals surface area contributed by atoms with Crippen LogP contribution < -0.4 is 9.80 Å². The minimum absolute atomic E-state index is 0.182. The normalized spacial score (nSPS) is 18.4. The Kier molecular flexibility index (Phi) is 7.08. The van der Waals surface area contributed by atoms with Gasteiger partial charge in [-0.2, -0.15) is 0 Å². The Morgan fingerprint density at radius 2 is 1.32 bits per heavy atom. The number of hydrogen-bond donors (Lipinski definition) is 0. The van der Waals surface area contributed by atoms with Crippen molar-refractivity contribution in [3.63, 3.8) is 0 Å². The highest BCUT2D eigenvalue weighted by atomic mass is 16.6. The van der Waals surface area contributed by atoms with E-state index in [1.54, 1.807) is 4.90 Å². The van der Waals surface area contributed by atoms with E-state index in [1.807, 2.05) is 24.3 Å². The lowest BCUT2D eigenvalue weighted by Crippen LogP contribution is -2.36. The summed E-state index contributed by atoms with van der Waals surface area (Å²) in [6.45, 7) is 6.14. The molecule has 6 heteroatoms. The lowest BCUT2D eigenvalue weighted by atomic mass is 10.1. The van der Waals surface area contributed by atoms with Crippen LogP contribution in [-0.4, -0.2) is 56.5 Å². The van der Waals surface area contributed by atoms with Crippen molar-refractivity contribution in [2.45, 2.75) is 19.2 Å². The van der Waals surface area contributed by atoms with Crippen LogP contribution in [0, 0.1) is 0 Å². The third-order valence-electron chi connectivity index (χ3n) is 6.37. The summed E-state index contributed by atoms with van der Waals surface area (Å²) in [4.78, 5) is 19.1. The lowest BCUT2D eigenvalue weighted by Gasteiger charge is -2.29. The van der Waals surface area contributed by atoms with E-state index in [4.69, 9.17) is 9.47 Å². The molecule has 0 aliphatic carbocycles. The van der Waals surface area contributed by atoms with E-state index < -0.39 is 0 Å². The molecule has 2 saturated heterocycles. The summed E-state index contributed by atoms with van der Waals surface area (Å²) in [6.07, 6.45) is -0.456. The Balaban J connectivity index is 1.25. The van der Waals surface area contributed by atoms with E-state index in [-0.39, 0.29) is 12.2 Å². The summed E-state index contributed by atoms with van der Waals surface area (Å²) >= 11 is 0. The molecule has 3 aromatic rings. The molecule has 0 N–H and O–H groups in total. The zero-order valence-corrected chi connectivity index (χ0v) is 19.4. The maximum atomic E-state index is 12.7. The lowest BCUT2D eigenvalue weighted by molar-refractivity contribution is 0.103. The van der Waals surface area contributed by atoms with Crippen molar-refractivity contribution in [1.29, 1.82) is 0 Å². The fourth-order valence-corrected chi connectivity index (χ4v) is 4.65. The van der Waals surface area contributed by atoms with Crippen LogP contribution in [-0.2, 0) is 22.6 Å². The maximum absolute atomic E-state index is 12.7. The van der Waals surface area contributed by atoms with Gasteiger partial charge in [-0.15, -0.1) is 0 Å². The molecule has 2 aliphatic rings. The molecule has 1 atom stereocenters. The molecule has 0 spiro atoms. The smallest absolute Gasteiger partial charge is 0.414 e. The van der Waals surface area contributed by atoms with Gasteiger partial charge in [0.25, 0.3) is 0 Å². The van der Waals surface area contributed by atoms with Gasteiger partial charge in [-0.3, -0.25) is 9.80 Å². The fourth-order valence-electron chi connectivity index (χ4n) is 4.65. The van der Waals surface area contributed by atoms with Crippen molar-refractivity contribution in [3.8, 4) is 0 Å². The number of cyclic esters (lactones) is 1. The molecule has 0 unspecified atom stereocenters. The van der Waals surface area contributed by atoms with Crippen LogP contribution in [0.25, 0.3) is 0 Å². The predicted molar refractivity (Wildman–Crippen MR) is 134 cm³/mol. The van der Waals surface area contributed by atoms with E-state index in [2.05, 4.69) is 70.5 Å². The fraction of sp³-hybridized carbons (Fsp3) is 0.321. The Morgan fingerprint density at radius 3 is 1.91 bits per heavy atom. The first-order chi connectivity index (χ1) is 16.7. The van der Waals surface area contributed by atoms with Crippen LogP contribution in [0.5, 0.6) is 0 Å². The van der Waals surface area contributed by atoms with Gasteiger partial charge in [-0.1, -0.05) is 60.7 Å². The standard InChI is InChI=1S/C28H31N3O3/c32-28-31(26-13-11-25(12-14-26)30-15-17-33-18-16-30)22-27(34-28)21-29(19-23-7-3-1-4-8-23)20-24-9-5-2-6-10-24/h1-14,27H,15-22H2/t27-/m0/s1. The number of nitrogens with zero attached hydrogens (tertiary/aromatic N) is 3. The maximum Gasteiger partial charge on any atom is 0.414 e. The molecule has 2 fully saturated rings. The summed E-state index contributed by atoms with van der Waals surface area (Å²) in [6, 6.07) is 29.1. The topological polar surface area (TPSA) is 45.2 Å². The third kappa shape index (κ3) is 5.58. The van der Waals surface area contributed by atoms with Gasteiger partial charge >= 0.3 is 6.09 Å². The molecule has 0 bridgehead atoms. The van der Waals surface area contributed by atoms with E-state index in [9.17, 15) is 4.79 Å². The average Bonchev–Trinajstić information content (AvgIpc) is 3.25. The van der Waals surface area contributed by atoms with Crippen LogP contribution >= 0.6 is 0 Å². The van der Waals surface area contributed by atoms with Gasteiger partial charge < -0.3 is 14.4 Å². The number of morpholine rings is 1. The molecule has 0 aromatic heterocycles. The van der Waals surface area contributed by atoms with Gasteiger partial charge in [0.15, 0.2) is 0 Å². The second-order valence-corrected chi connectivity index (χ2v) is 8.87. The largest absolute Gasteiger partial charge is 0.443 e. The minimum Gasteiger partial charge on any atom is -0.443 e. The Morgan fingerprint density at radius 1 is 0.765 bits per heavy atom. The number of ether oxygens (including phenoxy) is 2. The van der Waals surface area contributed by atoms with Crippen LogP contribution in [0.4, 0.5) is 16.2 Å². The number of carbonyl (C=O) groups is 1. The van der Waals surface area contributed by atoms with Gasteiger partial charge in [0.2, 0.25) is 0 Å². The number of benzene rings is 3. The van der Waals surface area contributed by atoms with Gasteiger partial charge in [-0.25, -0.2) is 4.79 Å². The number of amides is 1. The molecule has 34 heavy (non-hydrogen) atoms.